The molecular formula is C10H10N2O4. The first-order chi connectivity index (χ1) is 7.63. The molecule has 0 fully saturated rings. The van der Waals surface area contributed by atoms with E-state index in [1.54, 1.807) is 0 Å². The molecule has 0 aliphatic carbocycles. The zero-order valence-electron chi connectivity index (χ0n) is 8.80. The maximum absolute atomic E-state index is 11.4. The van der Waals surface area contributed by atoms with E-state index in [1.807, 2.05) is 0 Å². The van der Waals surface area contributed by atoms with Gasteiger partial charge >= 0.3 is 6.21 Å². The van der Waals surface area contributed by atoms with Gasteiger partial charge in [-0.15, -0.1) is 0 Å². The summed E-state index contributed by atoms with van der Waals surface area (Å²) in [5, 5.41) is 9.58. The standard InChI is InChI=1S/C10H10N2O4/c1-15-8-3-6(7(13)5-12-11)4-9(16-2)10(8)14/h3-5,14H,1-2H3. The first kappa shape index (κ1) is 11.7. The monoisotopic (exact) mass is 222 g/mol. The van der Waals surface area contributed by atoms with Crippen molar-refractivity contribution in [3.05, 3.63) is 23.2 Å². The highest BCUT2D eigenvalue weighted by atomic mass is 16.5. The van der Waals surface area contributed by atoms with Gasteiger partial charge in [-0.3, -0.25) is 4.79 Å². The topological polar surface area (TPSA) is 92.2 Å². The molecule has 0 unspecified atom stereocenters. The molecule has 1 rings (SSSR count). The predicted octanol–water partition coefficient (Wildman–Crippen LogP) is 0.893. The predicted molar refractivity (Wildman–Crippen MR) is 55.2 cm³/mol. The molecule has 6 heteroatoms. The van der Waals surface area contributed by atoms with Crippen LogP contribution < -0.4 is 9.47 Å². The fourth-order valence-electron chi connectivity index (χ4n) is 1.16. The summed E-state index contributed by atoms with van der Waals surface area (Å²) in [5.41, 5.74) is 8.43. The molecule has 1 aromatic rings. The summed E-state index contributed by atoms with van der Waals surface area (Å²) in [7, 11) is 2.70. The molecule has 0 saturated heterocycles. The van der Waals surface area contributed by atoms with E-state index >= 15 is 0 Å². The summed E-state index contributed by atoms with van der Waals surface area (Å²) in [6, 6.07) is 2.64. The highest BCUT2D eigenvalue weighted by Gasteiger charge is 2.16. The number of ketones is 1. The number of hydrogen-bond donors (Lipinski definition) is 1. The van der Waals surface area contributed by atoms with Crippen LogP contribution in [0.5, 0.6) is 17.2 Å². The van der Waals surface area contributed by atoms with E-state index in [-0.39, 0.29) is 22.8 Å². The molecule has 0 atom stereocenters. The Balaban J connectivity index is 3.32. The van der Waals surface area contributed by atoms with E-state index in [1.165, 1.54) is 26.4 Å². The van der Waals surface area contributed by atoms with Crippen LogP contribution in [0.2, 0.25) is 0 Å². The fourth-order valence-corrected chi connectivity index (χ4v) is 1.16. The highest BCUT2D eigenvalue weighted by molar-refractivity contribution is 6.33. The minimum absolute atomic E-state index is 0.106. The van der Waals surface area contributed by atoms with E-state index < -0.39 is 5.78 Å². The van der Waals surface area contributed by atoms with Gasteiger partial charge in [-0.1, -0.05) is 0 Å². The fraction of sp³-hybridized carbons (Fsp3) is 0.200. The Hall–Kier alpha value is -2.33. The van der Waals surface area contributed by atoms with Gasteiger partial charge in [0.1, 0.15) is 0 Å². The van der Waals surface area contributed by atoms with Crippen LogP contribution in [0.4, 0.5) is 0 Å². The number of methoxy groups -OCH3 is 2. The van der Waals surface area contributed by atoms with Crippen molar-refractivity contribution in [2.24, 2.45) is 0 Å². The van der Waals surface area contributed by atoms with E-state index in [2.05, 4.69) is 4.79 Å². The second kappa shape index (κ2) is 4.95. The Labute approximate surface area is 91.7 Å². The van der Waals surface area contributed by atoms with Gasteiger partial charge in [0.2, 0.25) is 5.75 Å². The van der Waals surface area contributed by atoms with Crippen molar-refractivity contribution in [1.29, 1.82) is 0 Å². The van der Waals surface area contributed by atoms with Gasteiger partial charge in [0.05, 0.1) is 14.2 Å². The van der Waals surface area contributed by atoms with Gasteiger partial charge in [-0.2, -0.15) is 4.79 Å². The van der Waals surface area contributed by atoms with Gasteiger partial charge in [-0.05, 0) is 12.1 Å². The maximum atomic E-state index is 11.4. The summed E-state index contributed by atoms with van der Waals surface area (Å²) >= 11 is 0. The lowest BCUT2D eigenvalue weighted by Crippen LogP contribution is -2.02. The lowest BCUT2D eigenvalue weighted by atomic mass is 10.1. The van der Waals surface area contributed by atoms with Crippen LogP contribution in [0.25, 0.3) is 5.53 Å². The van der Waals surface area contributed by atoms with Gasteiger partial charge in [0, 0.05) is 5.56 Å². The number of Topliss-reactive ketones (excluding diaryl/α,β-unsaturated/α-hetero) is 1. The van der Waals surface area contributed by atoms with Crippen LogP contribution in [0.3, 0.4) is 0 Å². The van der Waals surface area contributed by atoms with Crippen LogP contribution in [0.15, 0.2) is 12.1 Å². The number of carbonyl (C=O) groups excluding carboxylic acids is 1. The largest absolute Gasteiger partial charge is 0.502 e. The van der Waals surface area contributed by atoms with Crippen molar-refractivity contribution in [3.63, 3.8) is 0 Å². The highest BCUT2D eigenvalue weighted by Crippen LogP contribution is 2.36. The third-order valence-corrected chi connectivity index (χ3v) is 1.94. The van der Waals surface area contributed by atoms with Crippen LogP contribution in [-0.4, -0.2) is 36.1 Å². The molecule has 1 aromatic carbocycles. The number of hydrogen-bond acceptors (Lipinski definition) is 4. The molecule has 0 saturated carbocycles. The molecule has 0 aliphatic rings. The normalized spacial score (nSPS) is 9.12. The third kappa shape index (κ3) is 2.18. The summed E-state index contributed by atoms with van der Waals surface area (Å²) < 4.78 is 9.73. The second-order valence-corrected chi connectivity index (χ2v) is 2.84. The van der Waals surface area contributed by atoms with Crippen molar-refractivity contribution in [2.75, 3.05) is 14.2 Å². The van der Waals surface area contributed by atoms with E-state index in [0.29, 0.717) is 0 Å². The van der Waals surface area contributed by atoms with Crippen LogP contribution in [0.1, 0.15) is 10.4 Å². The maximum Gasteiger partial charge on any atom is 0.328 e. The Morgan fingerprint density at radius 2 is 1.88 bits per heavy atom. The number of phenolic OH excluding ortho intramolecular Hbond substituents is 1. The smallest absolute Gasteiger partial charge is 0.328 e. The second-order valence-electron chi connectivity index (χ2n) is 2.84. The van der Waals surface area contributed by atoms with Crippen LogP contribution in [0, 0.1) is 0 Å². The number of rotatable bonds is 4. The van der Waals surface area contributed by atoms with Crippen molar-refractivity contribution in [3.8, 4) is 17.2 Å². The Kier molecular flexibility index (Phi) is 3.63. The summed E-state index contributed by atoms with van der Waals surface area (Å²) in [5.74, 6) is -0.510. The quantitative estimate of drug-likeness (QED) is 0.354. The number of aromatic hydroxyl groups is 1. The van der Waals surface area contributed by atoms with Crippen molar-refractivity contribution >= 4 is 12.0 Å². The molecule has 6 nitrogen and oxygen atoms in total. The average molecular weight is 222 g/mol. The minimum Gasteiger partial charge on any atom is -0.502 e. The van der Waals surface area contributed by atoms with E-state index in [9.17, 15) is 9.90 Å². The first-order valence-corrected chi connectivity index (χ1v) is 4.30. The molecule has 84 valence electrons. The third-order valence-electron chi connectivity index (χ3n) is 1.94. The Morgan fingerprint density at radius 1 is 1.38 bits per heavy atom. The molecule has 0 spiro atoms. The van der Waals surface area contributed by atoms with Gasteiger partial charge < -0.3 is 20.1 Å². The summed E-state index contributed by atoms with van der Waals surface area (Å²) in [4.78, 5) is 14.0. The molecule has 0 radical (unpaired) electrons. The van der Waals surface area contributed by atoms with Crippen LogP contribution >= 0.6 is 0 Å². The molecule has 0 heterocycles. The SMILES string of the molecule is COc1cc(C(=O)C=[N+]=[N-])cc(OC)c1O. The van der Waals surface area contributed by atoms with Gasteiger partial charge in [0.25, 0.3) is 5.78 Å². The summed E-state index contributed by atoms with van der Waals surface area (Å²) in [6.45, 7) is 0. The first-order valence-electron chi connectivity index (χ1n) is 4.30. The van der Waals surface area contributed by atoms with Gasteiger partial charge in [-0.25, -0.2) is 0 Å². The Bertz CT molecular complexity index is 439. The molecular weight excluding hydrogens is 212 g/mol. The van der Waals surface area contributed by atoms with E-state index in [4.69, 9.17) is 15.0 Å². The minimum atomic E-state index is -0.529. The number of nitrogens with zero attached hydrogens (tertiary/aromatic N) is 2. The molecule has 0 amide bonds. The molecule has 0 aromatic heterocycles. The zero-order chi connectivity index (χ0) is 12.1. The summed E-state index contributed by atoms with van der Waals surface area (Å²) in [6.07, 6.45) is 0.741. The van der Waals surface area contributed by atoms with Crippen molar-refractivity contribution in [1.82, 2.24) is 0 Å². The number of phenols is 1. The average Bonchev–Trinajstić information content (AvgIpc) is 2.29. The van der Waals surface area contributed by atoms with E-state index in [0.717, 1.165) is 6.21 Å². The molecule has 0 aliphatic heterocycles. The van der Waals surface area contributed by atoms with Gasteiger partial charge in [0.15, 0.2) is 11.5 Å². The lowest BCUT2D eigenvalue weighted by Gasteiger charge is -2.08. The number of benzene rings is 1. The lowest BCUT2D eigenvalue weighted by molar-refractivity contribution is 0.00234. The molecule has 1 N–H and O–H groups in total. The zero-order valence-corrected chi connectivity index (χ0v) is 8.80. The number of carbonyl (C=O) groups is 1. The molecule has 0 bridgehead atoms. The van der Waals surface area contributed by atoms with Crippen molar-refractivity contribution < 1.29 is 24.2 Å². The molecule has 16 heavy (non-hydrogen) atoms. The number of ether oxygens (including phenoxy) is 2. The van der Waals surface area contributed by atoms with Crippen molar-refractivity contribution in [2.45, 2.75) is 0 Å². The van der Waals surface area contributed by atoms with Crippen LogP contribution in [-0.2, 0) is 0 Å². The Morgan fingerprint density at radius 3 is 2.25 bits per heavy atom.